The third-order valence-corrected chi connectivity index (χ3v) is 4.66. The summed E-state index contributed by atoms with van der Waals surface area (Å²) in [6.45, 7) is 0. The smallest absolute Gasteiger partial charge is 0.129 e. The molecule has 0 heterocycles. The van der Waals surface area contributed by atoms with Crippen LogP contribution in [0.4, 0.5) is 4.39 Å². The number of rotatable bonds is 3. The molecular formula is C18H13BrClF. The van der Waals surface area contributed by atoms with Crippen molar-refractivity contribution >= 4 is 38.3 Å². The van der Waals surface area contributed by atoms with Gasteiger partial charge < -0.3 is 0 Å². The Balaban J connectivity index is 1.99. The van der Waals surface area contributed by atoms with Crippen LogP contribution in [-0.4, -0.2) is 0 Å². The predicted molar refractivity (Wildman–Crippen MR) is 90.3 cm³/mol. The quantitative estimate of drug-likeness (QED) is 0.481. The molecule has 3 heteroatoms. The predicted octanol–water partition coefficient (Wildman–Crippen LogP) is 6.26. The topological polar surface area (TPSA) is 0 Å². The lowest BCUT2D eigenvalue weighted by atomic mass is 9.98. The average molecular weight is 364 g/mol. The van der Waals surface area contributed by atoms with Crippen LogP contribution in [0.15, 0.2) is 65.1 Å². The molecule has 1 unspecified atom stereocenters. The Kier molecular flexibility index (Phi) is 4.27. The Morgan fingerprint density at radius 1 is 0.952 bits per heavy atom. The number of hydrogen-bond donors (Lipinski definition) is 0. The Hall–Kier alpha value is -1.38. The summed E-state index contributed by atoms with van der Waals surface area (Å²) in [6.07, 6.45) is 0.586. The molecule has 0 saturated heterocycles. The Morgan fingerprint density at radius 3 is 2.48 bits per heavy atom. The van der Waals surface area contributed by atoms with Gasteiger partial charge in [-0.05, 0) is 34.9 Å². The first-order valence-electron chi connectivity index (χ1n) is 6.71. The van der Waals surface area contributed by atoms with Crippen molar-refractivity contribution < 1.29 is 4.39 Å². The van der Waals surface area contributed by atoms with Gasteiger partial charge in [0, 0.05) is 10.0 Å². The molecule has 3 rings (SSSR count). The van der Waals surface area contributed by atoms with Crippen molar-refractivity contribution in [2.45, 2.75) is 11.8 Å². The first kappa shape index (κ1) is 14.6. The van der Waals surface area contributed by atoms with Crippen molar-refractivity contribution in [3.63, 3.8) is 0 Å². The minimum absolute atomic E-state index is 0.274. The van der Waals surface area contributed by atoms with Gasteiger partial charge >= 0.3 is 0 Å². The van der Waals surface area contributed by atoms with Crippen LogP contribution in [0.3, 0.4) is 0 Å². The van der Waals surface area contributed by atoms with Crippen LogP contribution in [0.25, 0.3) is 10.8 Å². The van der Waals surface area contributed by atoms with E-state index in [0.717, 1.165) is 10.9 Å². The standard InChI is InChI=1S/C18H13BrClF/c19-15-9-4-10-17(21)18(15)16(20)11-13-7-3-6-12-5-1-2-8-14(12)13/h1-10,16H,11H2. The number of halogens is 3. The van der Waals surface area contributed by atoms with Gasteiger partial charge in [0.15, 0.2) is 0 Å². The molecule has 106 valence electrons. The van der Waals surface area contributed by atoms with E-state index in [-0.39, 0.29) is 5.82 Å². The largest absolute Gasteiger partial charge is 0.207 e. The van der Waals surface area contributed by atoms with Crippen LogP contribution in [0.5, 0.6) is 0 Å². The zero-order chi connectivity index (χ0) is 14.8. The van der Waals surface area contributed by atoms with Gasteiger partial charge in [-0.2, -0.15) is 0 Å². The summed E-state index contributed by atoms with van der Waals surface area (Å²) >= 11 is 9.87. The maximum Gasteiger partial charge on any atom is 0.129 e. The third-order valence-electron chi connectivity index (χ3n) is 3.59. The lowest BCUT2D eigenvalue weighted by Gasteiger charge is -2.14. The van der Waals surface area contributed by atoms with E-state index in [9.17, 15) is 4.39 Å². The first-order valence-corrected chi connectivity index (χ1v) is 7.94. The molecule has 0 spiro atoms. The van der Waals surface area contributed by atoms with E-state index in [1.807, 2.05) is 30.3 Å². The van der Waals surface area contributed by atoms with E-state index < -0.39 is 5.38 Å². The first-order chi connectivity index (χ1) is 10.2. The Morgan fingerprint density at radius 2 is 1.67 bits per heavy atom. The van der Waals surface area contributed by atoms with Crippen molar-refractivity contribution in [2.75, 3.05) is 0 Å². The van der Waals surface area contributed by atoms with E-state index in [1.54, 1.807) is 6.07 Å². The molecule has 0 N–H and O–H groups in total. The molecule has 0 radical (unpaired) electrons. The van der Waals surface area contributed by atoms with Crippen LogP contribution >= 0.6 is 27.5 Å². The number of fused-ring (bicyclic) bond motifs is 1. The van der Waals surface area contributed by atoms with Crippen LogP contribution in [0.2, 0.25) is 0 Å². The van der Waals surface area contributed by atoms with Crippen LogP contribution in [0.1, 0.15) is 16.5 Å². The molecule has 0 nitrogen and oxygen atoms in total. The molecular weight excluding hydrogens is 351 g/mol. The van der Waals surface area contributed by atoms with E-state index in [1.165, 1.54) is 11.5 Å². The second-order valence-electron chi connectivity index (χ2n) is 4.95. The minimum Gasteiger partial charge on any atom is -0.207 e. The zero-order valence-corrected chi connectivity index (χ0v) is 13.5. The van der Waals surface area contributed by atoms with Gasteiger partial charge in [-0.1, -0.05) is 64.5 Å². The Labute approximate surface area is 136 Å². The monoisotopic (exact) mass is 362 g/mol. The van der Waals surface area contributed by atoms with Crippen LogP contribution < -0.4 is 0 Å². The van der Waals surface area contributed by atoms with Gasteiger partial charge in [0.25, 0.3) is 0 Å². The highest BCUT2D eigenvalue weighted by atomic mass is 79.9. The maximum atomic E-state index is 14.0. The number of benzene rings is 3. The molecule has 0 aliphatic rings. The fraction of sp³-hybridized carbons (Fsp3) is 0.111. The Bertz CT molecular complexity index is 760. The van der Waals surface area contributed by atoms with Gasteiger partial charge in [0.1, 0.15) is 5.82 Å². The number of alkyl halides is 1. The molecule has 0 aliphatic heterocycles. The fourth-order valence-electron chi connectivity index (χ4n) is 2.58. The van der Waals surface area contributed by atoms with Gasteiger partial charge in [0.2, 0.25) is 0 Å². The summed E-state index contributed by atoms with van der Waals surface area (Å²) in [5.74, 6) is -0.274. The van der Waals surface area contributed by atoms with E-state index >= 15 is 0 Å². The lowest BCUT2D eigenvalue weighted by molar-refractivity contribution is 0.604. The average Bonchev–Trinajstić information content (AvgIpc) is 2.47. The molecule has 0 bridgehead atoms. The summed E-state index contributed by atoms with van der Waals surface area (Å²) in [7, 11) is 0. The molecule has 0 fully saturated rings. The third kappa shape index (κ3) is 2.97. The van der Waals surface area contributed by atoms with Gasteiger partial charge in [-0.25, -0.2) is 4.39 Å². The summed E-state index contributed by atoms with van der Waals surface area (Å²) in [5, 5.41) is 1.93. The molecule has 0 saturated carbocycles. The van der Waals surface area contributed by atoms with Crippen molar-refractivity contribution in [3.8, 4) is 0 Å². The molecule has 21 heavy (non-hydrogen) atoms. The van der Waals surface area contributed by atoms with Crippen LogP contribution in [-0.2, 0) is 6.42 Å². The lowest BCUT2D eigenvalue weighted by Crippen LogP contribution is -2.01. The van der Waals surface area contributed by atoms with Crippen molar-refractivity contribution in [2.24, 2.45) is 0 Å². The van der Waals surface area contributed by atoms with Crippen molar-refractivity contribution in [1.29, 1.82) is 0 Å². The summed E-state index contributed by atoms with van der Waals surface area (Å²) in [5.41, 5.74) is 1.65. The molecule has 3 aromatic rings. The van der Waals surface area contributed by atoms with E-state index in [2.05, 4.69) is 34.1 Å². The summed E-state index contributed by atoms with van der Waals surface area (Å²) in [4.78, 5) is 0. The second kappa shape index (κ2) is 6.17. The highest BCUT2D eigenvalue weighted by Gasteiger charge is 2.17. The molecule has 0 aromatic heterocycles. The van der Waals surface area contributed by atoms with Gasteiger partial charge in [-0.15, -0.1) is 11.6 Å². The molecule has 0 amide bonds. The SMILES string of the molecule is Fc1cccc(Br)c1C(Cl)Cc1cccc2ccccc12. The second-order valence-corrected chi connectivity index (χ2v) is 6.33. The van der Waals surface area contributed by atoms with Gasteiger partial charge in [-0.3, -0.25) is 0 Å². The summed E-state index contributed by atoms with van der Waals surface area (Å²) < 4.78 is 14.7. The molecule has 3 aromatic carbocycles. The summed E-state index contributed by atoms with van der Waals surface area (Å²) in [6, 6.07) is 19.2. The highest BCUT2D eigenvalue weighted by molar-refractivity contribution is 9.10. The van der Waals surface area contributed by atoms with Crippen molar-refractivity contribution in [3.05, 3.63) is 82.1 Å². The molecule has 0 aliphatic carbocycles. The van der Waals surface area contributed by atoms with E-state index in [0.29, 0.717) is 16.5 Å². The highest BCUT2D eigenvalue weighted by Crippen LogP contribution is 2.34. The van der Waals surface area contributed by atoms with Crippen molar-refractivity contribution in [1.82, 2.24) is 0 Å². The maximum absolute atomic E-state index is 14.0. The number of hydrogen-bond acceptors (Lipinski definition) is 0. The minimum atomic E-state index is -0.411. The normalized spacial score (nSPS) is 12.5. The van der Waals surface area contributed by atoms with E-state index in [4.69, 9.17) is 11.6 Å². The zero-order valence-electron chi connectivity index (χ0n) is 11.2. The molecule has 1 atom stereocenters. The van der Waals surface area contributed by atoms with Crippen LogP contribution in [0, 0.1) is 5.82 Å². The van der Waals surface area contributed by atoms with Gasteiger partial charge in [0.05, 0.1) is 5.38 Å². The fourth-order valence-corrected chi connectivity index (χ4v) is 3.71.